The van der Waals surface area contributed by atoms with E-state index in [0.29, 0.717) is 11.9 Å². The summed E-state index contributed by atoms with van der Waals surface area (Å²) in [5.41, 5.74) is 5.01. The molecule has 0 saturated heterocycles. The Morgan fingerprint density at radius 1 is 1.16 bits per heavy atom. The normalized spacial score (nSPS) is 14.9. The smallest absolute Gasteiger partial charge is 0.164 e. The summed E-state index contributed by atoms with van der Waals surface area (Å²) >= 11 is 5.99. The maximum Gasteiger partial charge on any atom is 0.164 e. The van der Waals surface area contributed by atoms with Gasteiger partial charge < -0.3 is 4.57 Å². The van der Waals surface area contributed by atoms with E-state index in [9.17, 15) is 0 Å². The maximum absolute atomic E-state index is 5.99. The number of halogens is 1. The van der Waals surface area contributed by atoms with E-state index in [1.807, 2.05) is 0 Å². The Morgan fingerprint density at radius 3 is 2.32 bits per heavy atom. The topological polar surface area (TPSA) is 30.7 Å². The molecule has 0 N–H and O–H groups in total. The number of aryl methyl sites for hydroxylation is 3. The highest BCUT2D eigenvalue weighted by Crippen LogP contribution is 2.40. The molecule has 0 unspecified atom stereocenters. The summed E-state index contributed by atoms with van der Waals surface area (Å²) < 4.78 is 2.23. The van der Waals surface area contributed by atoms with Crippen molar-refractivity contribution in [2.24, 2.45) is 0 Å². The highest BCUT2D eigenvalue weighted by Gasteiger charge is 2.30. The van der Waals surface area contributed by atoms with Gasteiger partial charge in [0.1, 0.15) is 5.82 Å². The highest BCUT2D eigenvalue weighted by molar-refractivity contribution is 6.16. The van der Waals surface area contributed by atoms with Crippen molar-refractivity contribution in [3.05, 3.63) is 34.6 Å². The molecule has 4 heteroatoms. The average molecular weight is 276 g/mol. The van der Waals surface area contributed by atoms with Crippen molar-refractivity contribution in [1.82, 2.24) is 14.8 Å². The molecule has 0 amide bonds. The maximum atomic E-state index is 5.99. The van der Waals surface area contributed by atoms with Gasteiger partial charge in [0.2, 0.25) is 0 Å². The van der Waals surface area contributed by atoms with E-state index >= 15 is 0 Å². The molecule has 1 heterocycles. The molecule has 1 aromatic carbocycles. The van der Waals surface area contributed by atoms with Gasteiger partial charge in [-0.05, 0) is 44.7 Å². The molecule has 1 saturated carbocycles. The van der Waals surface area contributed by atoms with Crippen LogP contribution >= 0.6 is 11.6 Å². The molecule has 1 aliphatic carbocycles. The number of hydrogen-bond acceptors (Lipinski definition) is 2. The standard InChI is InChI=1S/C15H18ClN3/c1-9-6-10(2)14(11(3)7-9)15-18-17-13(8-16)19(15)12-4-5-12/h6-7,12H,4-5,8H2,1-3H3. The van der Waals surface area contributed by atoms with E-state index in [1.54, 1.807) is 0 Å². The van der Waals surface area contributed by atoms with Gasteiger partial charge in [-0.2, -0.15) is 0 Å². The number of rotatable bonds is 3. The van der Waals surface area contributed by atoms with Crippen LogP contribution in [0.3, 0.4) is 0 Å². The Bertz CT molecular complexity index is 603. The summed E-state index contributed by atoms with van der Waals surface area (Å²) in [6, 6.07) is 4.95. The van der Waals surface area contributed by atoms with Crippen LogP contribution in [0.1, 0.15) is 41.4 Å². The summed E-state index contributed by atoms with van der Waals surface area (Å²) in [5.74, 6) is 2.29. The quantitative estimate of drug-likeness (QED) is 0.794. The minimum Gasteiger partial charge on any atom is -0.307 e. The predicted molar refractivity (Wildman–Crippen MR) is 77.5 cm³/mol. The minimum atomic E-state index is 0.424. The van der Waals surface area contributed by atoms with E-state index in [-0.39, 0.29) is 0 Å². The fraction of sp³-hybridized carbons (Fsp3) is 0.467. The van der Waals surface area contributed by atoms with Gasteiger partial charge in [0.15, 0.2) is 5.82 Å². The molecule has 0 bridgehead atoms. The van der Waals surface area contributed by atoms with E-state index in [1.165, 1.54) is 35.1 Å². The first kappa shape index (κ1) is 12.7. The molecule has 100 valence electrons. The van der Waals surface area contributed by atoms with E-state index in [2.05, 4.69) is 47.7 Å². The Balaban J connectivity index is 2.20. The summed E-state index contributed by atoms with van der Waals surface area (Å²) in [6.07, 6.45) is 2.41. The van der Waals surface area contributed by atoms with Gasteiger partial charge in [0, 0.05) is 11.6 Å². The zero-order valence-electron chi connectivity index (χ0n) is 11.6. The minimum absolute atomic E-state index is 0.424. The van der Waals surface area contributed by atoms with Crippen molar-refractivity contribution in [3.8, 4) is 11.4 Å². The summed E-state index contributed by atoms with van der Waals surface area (Å²) in [6.45, 7) is 6.41. The van der Waals surface area contributed by atoms with Crippen molar-refractivity contribution < 1.29 is 0 Å². The monoisotopic (exact) mass is 275 g/mol. The van der Waals surface area contributed by atoms with Crippen molar-refractivity contribution in [2.45, 2.75) is 45.5 Å². The van der Waals surface area contributed by atoms with Crippen molar-refractivity contribution >= 4 is 11.6 Å². The van der Waals surface area contributed by atoms with Crippen LogP contribution in [0.5, 0.6) is 0 Å². The van der Waals surface area contributed by atoms with Crippen LogP contribution in [0, 0.1) is 20.8 Å². The molecule has 0 spiro atoms. The van der Waals surface area contributed by atoms with Gasteiger partial charge in [-0.25, -0.2) is 0 Å². The number of hydrogen-bond donors (Lipinski definition) is 0. The third-order valence-corrected chi connectivity index (χ3v) is 3.94. The lowest BCUT2D eigenvalue weighted by molar-refractivity contribution is 0.711. The summed E-state index contributed by atoms with van der Waals surface area (Å²) in [4.78, 5) is 0. The van der Waals surface area contributed by atoms with Gasteiger partial charge >= 0.3 is 0 Å². The Kier molecular flexibility index (Phi) is 3.09. The molecule has 19 heavy (non-hydrogen) atoms. The van der Waals surface area contributed by atoms with Crippen molar-refractivity contribution in [1.29, 1.82) is 0 Å². The second-order valence-corrected chi connectivity index (χ2v) is 5.72. The first-order valence-corrected chi connectivity index (χ1v) is 7.23. The average Bonchev–Trinajstić information content (AvgIpc) is 3.09. The molecule has 0 radical (unpaired) electrons. The third-order valence-electron chi connectivity index (χ3n) is 3.70. The predicted octanol–water partition coefficient (Wildman–Crippen LogP) is 3.94. The Labute approximate surface area is 118 Å². The molecule has 1 aliphatic rings. The van der Waals surface area contributed by atoms with Crippen LogP contribution in [0.15, 0.2) is 12.1 Å². The molecule has 2 aromatic rings. The molecule has 3 rings (SSSR count). The largest absolute Gasteiger partial charge is 0.307 e. The molecule has 1 aromatic heterocycles. The second kappa shape index (κ2) is 4.64. The first-order chi connectivity index (χ1) is 9.11. The first-order valence-electron chi connectivity index (χ1n) is 6.69. The number of aromatic nitrogens is 3. The number of nitrogens with zero attached hydrogens (tertiary/aromatic N) is 3. The zero-order valence-corrected chi connectivity index (χ0v) is 12.3. The molecule has 1 fully saturated rings. The Morgan fingerprint density at radius 2 is 1.79 bits per heavy atom. The van der Waals surface area contributed by atoms with Gasteiger partial charge in [-0.3, -0.25) is 0 Å². The van der Waals surface area contributed by atoms with Gasteiger partial charge in [-0.1, -0.05) is 17.7 Å². The second-order valence-electron chi connectivity index (χ2n) is 5.45. The summed E-state index contributed by atoms with van der Waals surface area (Å²) in [7, 11) is 0. The number of alkyl halides is 1. The van der Waals surface area contributed by atoms with Crippen LogP contribution in [-0.2, 0) is 5.88 Å². The lowest BCUT2D eigenvalue weighted by Crippen LogP contribution is -2.04. The fourth-order valence-corrected chi connectivity index (χ4v) is 3.02. The van der Waals surface area contributed by atoms with E-state index in [0.717, 1.165) is 11.6 Å². The fourth-order valence-electron chi connectivity index (χ4n) is 2.83. The van der Waals surface area contributed by atoms with Crippen LogP contribution in [-0.4, -0.2) is 14.8 Å². The van der Waals surface area contributed by atoms with E-state index in [4.69, 9.17) is 11.6 Å². The van der Waals surface area contributed by atoms with Gasteiger partial charge in [0.05, 0.1) is 5.88 Å². The van der Waals surface area contributed by atoms with Crippen LogP contribution in [0.2, 0.25) is 0 Å². The van der Waals surface area contributed by atoms with Crippen molar-refractivity contribution in [2.75, 3.05) is 0 Å². The van der Waals surface area contributed by atoms with E-state index < -0.39 is 0 Å². The third kappa shape index (κ3) is 2.16. The molecule has 3 nitrogen and oxygen atoms in total. The number of benzene rings is 1. The SMILES string of the molecule is Cc1cc(C)c(-c2nnc(CCl)n2C2CC2)c(C)c1. The van der Waals surface area contributed by atoms with Crippen molar-refractivity contribution in [3.63, 3.8) is 0 Å². The van der Waals surface area contributed by atoms with Gasteiger partial charge in [-0.15, -0.1) is 21.8 Å². The lowest BCUT2D eigenvalue weighted by Gasteiger charge is -2.13. The molecular formula is C15H18ClN3. The molecule has 0 atom stereocenters. The Hall–Kier alpha value is -1.35. The molecular weight excluding hydrogens is 258 g/mol. The van der Waals surface area contributed by atoms with Crippen LogP contribution in [0.4, 0.5) is 0 Å². The van der Waals surface area contributed by atoms with Crippen LogP contribution < -0.4 is 0 Å². The zero-order chi connectivity index (χ0) is 13.6. The lowest BCUT2D eigenvalue weighted by atomic mass is 9.99. The van der Waals surface area contributed by atoms with Crippen LogP contribution in [0.25, 0.3) is 11.4 Å². The van der Waals surface area contributed by atoms with Gasteiger partial charge in [0.25, 0.3) is 0 Å². The molecule has 0 aliphatic heterocycles. The highest BCUT2D eigenvalue weighted by atomic mass is 35.5. The summed E-state index contributed by atoms with van der Waals surface area (Å²) in [5, 5.41) is 8.66.